The number of anilines is 2. The van der Waals surface area contributed by atoms with Gasteiger partial charge >= 0.3 is 18.3 Å². The lowest BCUT2D eigenvalue weighted by molar-refractivity contribution is -0.143. The van der Waals surface area contributed by atoms with Gasteiger partial charge in [-0.3, -0.25) is 4.90 Å². The molecule has 5 rings (SSSR count). The van der Waals surface area contributed by atoms with E-state index in [0.29, 0.717) is 36.4 Å². The molecule has 44 heavy (non-hydrogen) atoms. The molecule has 10 nitrogen and oxygen atoms in total. The molecule has 3 aromatic rings. The van der Waals surface area contributed by atoms with Gasteiger partial charge in [-0.15, -0.1) is 0 Å². The number of amides is 1. The highest BCUT2D eigenvalue weighted by Gasteiger charge is 2.34. The number of rotatable bonds is 8. The molecule has 3 heterocycles. The quantitative estimate of drug-likeness (QED) is 0.344. The first kappa shape index (κ1) is 31.3. The number of aromatic nitrogens is 2. The van der Waals surface area contributed by atoms with Crippen LogP contribution in [-0.2, 0) is 13.0 Å². The van der Waals surface area contributed by atoms with Gasteiger partial charge in [-0.1, -0.05) is 29.8 Å². The molecule has 0 spiro atoms. The molecule has 2 aliphatic heterocycles. The predicted octanol–water partition coefficient (Wildman–Crippen LogP) is 4.94. The van der Waals surface area contributed by atoms with E-state index in [4.69, 9.17) is 16.3 Å². The van der Waals surface area contributed by atoms with E-state index in [0.717, 1.165) is 21.5 Å². The summed E-state index contributed by atoms with van der Waals surface area (Å²) in [5.74, 6) is -0.00416. The molecule has 1 fully saturated rings. The van der Waals surface area contributed by atoms with Crippen molar-refractivity contribution in [3.8, 4) is 12.1 Å². The van der Waals surface area contributed by atoms with Crippen LogP contribution in [0.5, 0.6) is 6.01 Å². The number of carboxylic acid groups (broad SMARTS) is 1. The Morgan fingerprint density at radius 3 is 2.73 bits per heavy atom. The van der Waals surface area contributed by atoms with Crippen molar-refractivity contribution in [3.63, 3.8) is 0 Å². The number of hydrogen-bond acceptors (Lipinski definition) is 8. The number of likely N-dealkylation sites (N-methyl/N-ethyl adjacent to an activating group) is 1. The third-order valence-electron chi connectivity index (χ3n) is 7.78. The van der Waals surface area contributed by atoms with Gasteiger partial charge in [0.25, 0.3) is 0 Å². The highest BCUT2D eigenvalue weighted by molar-refractivity contribution is 6.36. The van der Waals surface area contributed by atoms with Gasteiger partial charge in [-0.25, -0.2) is 9.18 Å². The Kier molecular flexibility index (Phi) is 9.17. The minimum Gasteiger partial charge on any atom is -0.465 e. The third-order valence-corrected chi connectivity index (χ3v) is 8.15. The van der Waals surface area contributed by atoms with Crippen LogP contribution in [0.1, 0.15) is 17.7 Å². The largest absolute Gasteiger partial charge is 0.465 e. The molecule has 0 aliphatic carbocycles. The molecule has 0 saturated carbocycles. The van der Waals surface area contributed by atoms with Gasteiger partial charge in [0.15, 0.2) is 0 Å². The monoisotopic (exact) mass is 635 g/mol. The average Bonchev–Trinajstić information content (AvgIpc) is 2.97. The van der Waals surface area contributed by atoms with Crippen LogP contribution in [0.15, 0.2) is 30.3 Å². The molecule has 1 amide bonds. The van der Waals surface area contributed by atoms with E-state index in [2.05, 4.69) is 16.0 Å². The van der Waals surface area contributed by atoms with Crippen LogP contribution in [0.2, 0.25) is 5.02 Å². The Labute approximate surface area is 256 Å². The summed E-state index contributed by atoms with van der Waals surface area (Å²) in [6.45, 7) is 0.285. The van der Waals surface area contributed by atoms with Crippen molar-refractivity contribution in [3.05, 3.63) is 52.4 Å². The second-order valence-electron chi connectivity index (χ2n) is 10.8. The van der Waals surface area contributed by atoms with Gasteiger partial charge < -0.3 is 24.5 Å². The highest BCUT2D eigenvalue weighted by atomic mass is 35.5. The topological polar surface area (TPSA) is 109 Å². The van der Waals surface area contributed by atoms with Gasteiger partial charge in [0.1, 0.15) is 18.2 Å². The summed E-state index contributed by atoms with van der Waals surface area (Å²) in [6, 6.07) is 9.98. The Hall–Kier alpha value is -4.09. The molecule has 1 saturated heterocycles. The minimum absolute atomic E-state index is 0.00283. The van der Waals surface area contributed by atoms with Crippen molar-refractivity contribution in [2.24, 2.45) is 0 Å². The Morgan fingerprint density at radius 1 is 1.20 bits per heavy atom. The van der Waals surface area contributed by atoms with Crippen molar-refractivity contribution >= 4 is 40.0 Å². The van der Waals surface area contributed by atoms with Crippen LogP contribution in [0.25, 0.3) is 10.8 Å². The number of hydrogen-bond donors (Lipinski definition) is 1. The first-order chi connectivity index (χ1) is 20.9. The summed E-state index contributed by atoms with van der Waals surface area (Å²) in [5, 5.41) is 20.3. The molecule has 0 unspecified atom stereocenters. The van der Waals surface area contributed by atoms with Crippen LogP contribution < -0.4 is 14.5 Å². The molecule has 15 heteroatoms. The van der Waals surface area contributed by atoms with E-state index in [1.54, 1.807) is 6.07 Å². The van der Waals surface area contributed by atoms with Crippen LogP contribution in [0.3, 0.4) is 0 Å². The number of alkyl halides is 3. The third kappa shape index (κ3) is 6.84. The molecule has 2 aliphatic rings. The number of fused-ring (bicyclic) bond motifs is 2. The van der Waals surface area contributed by atoms with Crippen LogP contribution in [0, 0.1) is 17.1 Å². The maximum Gasteiger partial charge on any atom is 0.407 e. The van der Waals surface area contributed by atoms with Crippen molar-refractivity contribution in [2.75, 3.05) is 62.7 Å². The van der Waals surface area contributed by atoms with E-state index >= 15 is 0 Å². The van der Waals surface area contributed by atoms with E-state index in [1.807, 2.05) is 28.0 Å². The molecule has 234 valence electrons. The molecule has 2 aromatic carbocycles. The van der Waals surface area contributed by atoms with Gasteiger partial charge in [0.2, 0.25) is 0 Å². The van der Waals surface area contributed by atoms with Crippen molar-refractivity contribution in [1.82, 2.24) is 19.8 Å². The zero-order valence-electron chi connectivity index (χ0n) is 23.8. The first-order valence-electron chi connectivity index (χ1n) is 14.0. The highest BCUT2D eigenvalue weighted by Crippen LogP contribution is 2.38. The van der Waals surface area contributed by atoms with Crippen LogP contribution >= 0.6 is 11.6 Å². The SMILES string of the molecule is CN(CCOc1nc2c(c(N3CCN(C(=O)O)[C@@H](CC#N)C3)n1)CCN(c1cccc3ccc(F)c(Cl)c13)C2)CC(F)(F)F. The fourth-order valence-electron chi connectivity index (χ4n) is 5.73. The molecule has 1 aromatic heterocycles. The molecular formula is C29H30ClF4N7O3. The minimum atomic E-state index is -4.35. The van der Waals surface area contributed by atoms with E-state index in [-0.39, 0.29) is 50.2 Å². The lowest BCUT2D eigenvalue weighted by atomic mass is 10.0. The summed E-state index contributed by atoms with van der Waals surface area (Å²) in [6.07, 6.45) is -4.97. The Balaban J connectivity index is 1.47. The Morgan fingerprint density at radius 2 is 2.00 bits per heavy atom. The summed E-state index contributed by atoms with van der Waals surface area (Å²) in [5.41, 5.74) is 2.15. The lowest BCUT2D eigenvalue weighted by Crippen LogP contribution is -2.55. The fraction of sp³-hybridized carbons (Fsp3) is 0.448. The average molecular weight is 636 g/mol. The summed E-state index contributed by atoms with van der Waals surface area (Å²) in [7, 11) is 1.34. The number of benzene rings is 2. The maximum atomic E-state index is 14.5. The number of halogens is 5. The molecule has 1 N–H and O–H groups in total. The van der Waals surface area contributed by atoms with Crippen LogP contribution in [-0.4, -0.2) is 96.1 Å². The second-order valence-corrected chi connectivity index (χ2v) is 11.2. The zero-order valence-corrected chi connectivity index (χ0v) is 24.6. The van der Waals surface area contributed by atoms with E-state index in [1.165, 1.54) is 18.0 Å². The van der Waals surface area contributed by atoms with Gasteiger partial charge in [0.05, 0.1) is 42.3 Å². The predicted molar refractivity (Wildman–Crippen MR) is 156 cm³/mol. The Bertz CT molecular complexity index is 1590. The number of nitrogens with zero attached hydrogens (tertiary/aromatic N) is 7. The second kappa shape index (κ2) is 12.9. The molecule has 1 atom stereocenters. The summed E-state index contributed by atoms with van der Waals surface area (Å²) in [4.78, 5) is 27.3. The number of carbonyl (C=O) groups is 1. The molecule has 0 radical (unpaired) electrons. The van der Waals surface area contributed by atoms with Gasteiger partial charge in [-0.05, 0) is 31.0 Å². The zero-order chi connectivity index (χ0) is 31.6. The summed E-state index contributed by atoms with van der Waals surface area (Å²) < 4.78 is 58.6. The van der Waals surface area contributed by atoms with Crippen molar-refractivity contribution < 1.29 is 32.2 Å². The number of nitriles is 1. The molecular weight excluding hydrogens is 606 g/mol. The van der Waals surface area contributed by atoms with Crippen LogP contribution in [0.4, 0.5) is 33.9 Å². The first-order valence-corrected chi connectivity index (χ1v) is 14.3. The van der Waals surface area contributed by atoms with E-state index in [9.17, 15) is 32.7 Å². The van der Waals surface area contributed by atoms with Gasteiger partial charge in [0, 0.05) is 49.4 Å². The number of ether oxygens (including phenoxy) is 1. The van der Waals surface area contributed by atoms with Crippen molar-refractivity contribution in [1.29, 1.82) is 5.26 Å². The van der Waals surface area contributed by atoms with E-state index < -0.39 is 30.7 Å². The summed E-state index contributed by atoms with van der Waals surface area (Å²) >= 11 is 6.40. The standard InChI is InChI=1S/C29H30ClF4N7O3/c1-38(17-29(32,33)34)13-14-44-27-36-22-16-39(23-4-2-3-18-5-6-21(31)25(30)24(18)23)10-8-20(22)26(37-27)40-11-12-41(28(42)43)19(15-40)7-9-35/h2-6,19H,7-8,10-17H2,1H3,(H,42,43)/t19-/m0/s1. The lowest BCUT2D eigenvalue weighted by Gasteiger charge is -2.41. The smallest absolute Gasteiger partial charge is 0.407 e. The normalized spacial score (nSPS) is 17.1. The van der Waals surface area contributed by atoms with Crippen molar-refractivity contribution in [2.45, 2.75) is 31.6 Å². The fourth-order valence-corrected chi connectivity index (χ4v) is 6.00. The molecule has 0 bridgehead atoms. The maximum absolute atomic E-state index is 14.5. The number of piperazine rings is 1. The van der Waals surface area contributed by atoms with Gasteiger partial charge in [-0.2, -0.15) is 28.4 Å².